The lowest BCUT2D eigenvalue weighted by Gasteiger charge is -2.03. The molecule has 0 radical (unpaired) electrons. The molecule has 10 aromatic rings. The summed E-state index contributed by atoms with van der Waals surface area (Å²) in [4.78, 5) is 11.9. The first-order valence-corrected chi connectivity index (χ1v) is 17.2. The summed E-state index contributed by atoms with van der Waals surface area (Å²) in [6.45, 7) is 0. The Morgan fingerprint density at radius 2 is 0.727 bits per heavy atom. The Balaban J connectivity index is 1.01. The maximum absolute atomic E-state index is 13.8. The summed E-state index contributed by atoms with van der Waals surface area (Å²) in [7, 11) is 0. The molecule has 6 heterocycles. The summed E-state index contributed by atoms with van der Waals surface area (Å²) in [5.74, 6) is 0. The second kappa shape index (κ2) is 9.09. The number of hydrogen-bond donors (Lipinski definition) is 0. The van der Waals surface area contributed by atoms with Crippen LogP contribution in [0.4, 0.5) is 8.78 Å². The van der Waals surface area contributed by atoms with Crippen LogP contribution in [-0.4, -0.2) is 9.97 Å². The van der Waals surface area contributed by atoms with E-state index < -0.39 is 0 Å². The number of aromatic nitrogens is 2. The number of rotatable bonds is 2. The van der Waals surface area contributed by atoms with Gasteiger partial charge in [0.25, 0.3) is 0 Å². The number of halogens is 2. The molecule has 0 aliphatic heterocycles. The molecular weight excluding hydrogens is 627 g/mol. The van der Waals surface area contributed by atoms with Crippen LogP contribution in [0.5, 0.6) is 0 Å². The quantitative estimate of drug-likeness (QED) is 0.187. The summed E-state index contributed by atoms with van der Waals surface area (Å²) in [5, 5.41) is 8.39. The third-order valence-corrected chi connectivity index (χ3v) is 12.3. The molecule has 10 rings (SSSR count). The number of nitrogens with zero attached hydrogens (tertiary/aromatic N) is 2. The van der Waals surface area contributed by atoms with Gasteiger partial charge in [-0.1, -0.05) is 0 Å². The number of pyridine rings is 2. The van der Waals surface area contributed by atoms with E-state index in [9.17, 15) is 8.78 Å². The van der Waals surface area contributed by atoms with Crippen molar-refractivity contribution in [3.8, 4) is 20.9 Å². The largest absolute Gasteiger partial charge is 0.254 e. The van der Waals surface area contributed by atoms with E-state index in [0.29, 0.717) is 0 Å². The molecule has 0 aliphatic carbocycles. The van der Waals surface area contributed by atoms with Gasteiger partial charge < -0.3 is 0 Å². The van der Waals surface area contributed by atoms with Crippen molar-refractivity contribution in [2.75, 3.05) is 0 Å². The van der Waals surface area contributed by atoms with Gasteiger partial charge >= 0.3 is 0 Å². The van der Waals surface area contributed by atoms with Crippen molar-refractivity contribution in [1.29, 1.82) is 0 Å². The van der Waals surface area contributed by atoms with Crippen LogP contribution in [0, 0.1) is 10.3 Å². The molecule has 208 valence electrons. The van der Waals surface area contributed by atoms with Crippen molar-refractivity contribution < 1.29 is 8.78 Å². The minimum Gasteiger partial charge on any atom is -0.254 e. The molecule has 0 amide bonds. The predicted octanol–water partition coefficient (Wildman–Crippen LogP) is 12.4. The van der Waals surface area contributed by atoms with E-state index in [2.05, 4.69) is 72.8 Å². The van der Waals surface area contributed by atoms with Gasteiger partial charge in [0, 0.05) is 52.1 Å². The zero-order valence-corrected chi connectivity index (χ0v) is 25.8. The molecule has 0 fully saturated rings. The number of thiophene rings is 4. The second-order valence-electron chi connectivity index (χ2n) is 11.1. The van der Waals surface area contributed by atoms with Gasteiger partial charge in [0.2, 0.25) is 0 Å². The first-order chi connectivity index (χ1) is 21.5. The fourth-order valence-electron chi connectivity index (χ4n) is 6.14. The Bertz CT molecular complexity index is 2490. The second-order valence-corrected chi connectivity index (χ2v) is 15.3. The van der Waals surface area contributed by atoms with Crippen LogP contribution in [0.2, 0.25) is 0 Å². The molecule has 0 bridgehead atoms. The van der Waals surface area contributed by atoms with Gasteiger partial charge in [-0.05, 0) is 128 Å². The molecule has 0 saturated carbocycles. The highest BCUT2D eigenvalue weighted by atomic mass is 32.1. The lowest BCUT2D eigenvalue weighted by Crippen LogP contribution is -1.86. The van der Waals surface area contributed by atoms with Crippen molar-refractivity contribution in [3.05, 3.63) is 108 Å². The van der Waals surface area contributed by atoms with Crippen molar-refractivity contribution in [1.82, 2.24) is 9.97 Å². The van der Waals surface area contributed by atoms with Gasteiger partial charge in [-0.2, -0.15) is 8.78 Å². The Labute approximate surface area is 264 Å². The van der Waals surface area contributed by atoms with Gasteiger partial charge in [-0.3, -0.25) is 9.97 Å². The number of hydrogen-bond acceptors (Lipinski definition) is 6. The molecule has 6 aromatic heterocycles. The first kappa shape index (κ1) is 25.0. The molecule has 0 unspecified atom stereocenters. The molecule has 0 N–H and O–H groups in total. The van der Waals surface area contributed by atoms with Gasteiger partial charge in [0.1, 0.15) is 0 Å². The smallest absolute Gasteiger partial charge is 0.177 e. The monoisotopic (exact) mass is 642 g/mol. The summed E-state index contributed by atoms with van der Waals surface area (Å²) >= 11 is 5.84. The molecular formula is C36H16F2N2S4. The summed E-state index contributed by atoms with van der Waals surface area (Å²) in [6, 6.07) is 28.9. The SMILES string of the molecule is Fc1cc2cc3cc4sc(-c5cnc6cc(-c7cc8cc9cc%10sc(F)cc%10cc9cc8s7)cnc6c5)cc4cc3cc2s1. The van der Waals surface area contributed by atoms with Gasteiger partial charge in [-0.25, -0.2) is 0 Å². The van der Waals surface area contributed by atoms with Crippen LogP contribution in [0.25, 0.3) is 93.8 Å². The van der Waals surface area contributed by atoms with Gasteiger partial charge in [0.15, 0.2) is 10.3 Å². The van der Waals surface area contributed by atoms with Crippen molar-refractivity contribution in [2.24, 2.45) is 0 Å². The average Bonchev–Trinajstić information content (AvgIpc) is 3.79. The van der Waals surface area contributed by atoms with Crippen molar-refractivity contribution in [2.45, 2.75) is 0 Å². The predicted molar refractivity (Wildman–Crippen MR) is 187 cm³/mol. The third kappa shape index (κ3) is 3.92. The van der Waals surface area contributed by atoms with E-state index in [1.165, 1.54) is 42.8 Å². The highest BCUT2D eigenvalue weighted by Gasteiger charge is 2.13. The molecule has 0 spiro atoms. The van der Waals surface area contributed by atoms with E-state index in [-0.39, 0.29) is 10.3 Å². The average molecular weight is 643 g/mol. The van der Waals surface area contributed by atoms with Crippen LogP contribution in [0.3, 0.4) is 0 Å². The van der Waals surface area contributed by atoms with Crippen LogP contribution in [-0.2, 0) is 0 Å². The van der Waals surface area contributed by atoms with Gasteiger partial charge in [-0.15, -0.1) is 45.3 Å². The molecule has 8 heteroatoms. The lowest BCUT2D eigenvalue weighted by atomic mass is 10.1. The van der Waals surface area contributed by atoms with E-state index in [1.807, 2.05) is 12.4 Å². The topological polar surface area (TPSA) is 25.8 Å². The fraction of sp³-hybridized carbons (Fsp3) is 0. The maximum atomic E-state index is 13.8. The zero-order valence-electron chi connectivity index (χ0n) is 22.5. The minimum atomic E-state index is -0.152. The molecule has 44 heavy (non-hydrogen) atoms. The highest BCUT2D eigenvalue weighted by Crippen LogP contribution is 2.40. The minimum absolute atomic E-state index is 0.152. The normalized spacial score (nSPS) is 12.3. The highest BCUT2D eigenvalue weighted by molar-refractivity contribution is 7.22. The van der Waals surface area contributed by atoms with Crippen LogP contribution in [0.1, 0.15) is 0 Å². The molecule has 0 aliphatic rings. The van der Waals surface area contributed by atoms with E-state index in [4.69, 9.17) is 9.97 Å². The lowest BCUT2D eigenvalue weighted by molar-refractivity contribution is 0.658. The van der Waals surface area contributed by atoms with E-state index >= 15 is 0 Å². The molecule has 4 aromatic carbocycles. The van der Waals surface area contributed by atoms with Crippen LogP contribution >= 0.6 is 45.3 Å². The Morgan fingerprint density at radius 1 is 0.364 bits per heavy atom. The molecule has 0 atom stereocenters. The number of benzene rings is 4. The van der Waals surface area contributed by atoms with E-state index in [1.54, 1.807) is 34.8 Å². The van der Waals surface area contributed by atoms with Crippen molar-refractivity contribution in [3.63, 3.8) is 0 Å². The molecule has 2 nitrogen and oxygen atoms in total. The first-order valence-electron chi connectivity index (χ1n) is 13.9. The Hall–Kier alpha value is -4.34. The standard InChI is InChI=1S/C36H16F2N2S4/c37-35-13-23-3-19-7-29-21(1-17(19)9-31(23)43-35)11-33(41-29)25-5-27-28(39-15-25)6-26(16-40-27)34-12-22-2-18-10-32-24(14-36(38)44-32)4-20(18)8-30(22)42-34/h1-16H. The summed E-state index contributed by atoms with van der Waals surface area (Å²) in [6.07, 6.45) is 3.87. The summed E-state index contributed by atoms with van der Waals surface area (Å²) < 4.78 is 31.9. The fourth-order valence-corrected chi connectivity index (χ4v) is 9.92. The summed E-state index contributed by atoms with van der Waals surface area (Å²) in [5.41, 5.74) is 3.80. The molecule has 0 saturated heterocycles. The van der Waals surface area contributed by atoms with Crippen LogP contribution < -0.4 is 0 Å². The van der Waals surface area contributed by atoms with Crippen LogP contribution in [0.15, 0.2) is 97.3 Å². The van der Waals surface area contributed by atoms with Crippen molar-refractivity contribution >= 4 is 118 Å². The Kier molecular flexibility index (Phi) is 5.17. The Morgan fingerprint density at radius 3 is 1.14 bits per heavy atom. The number of fused-ring (bicyclic) bond motifs is 7. The maximum Gasteiger partial charge on any atom is 0.177 e. The zero-order chi connectivity index (χ0) is 29.1. The van der Waals surface area contributed by atoms with E-state index in [0.717, 1.165) is 73.6 Å². The third-order valence-electron chi connectivity index (χ3n) is 8.26. The van der Waals surface area contributed by atoms with Gasteiger partial charge in [0.05, 0.1) is 11.0 Å².